The number of hydrogen-bond acceptors (Lipinski definition) is 2. The van der Waals surface area contributed by atoms with Gasteiger partial charge in [0.2, 0.25) is 0 Å². The molecule has 16 heavy (non-hydrogen) atoms. The summed E-state index contributed by atoms with van der Waals surface area (Å²) >= 11 is 2.94. The zero-order chi connectivity index (χ0) is 12.6. The molecule has 7 heteroatoms. The van der Waals surface area contributed by atoms with Crippen LogP contribution in [0.5, 0.6) is 5.88 Å². The SMILES string of the molecule is CC(C)(Oc1ncc(Br)cc1F)C(F)(F)F. The zero-order valence-electron chi connectivity index (χ0n) is 8.40. The molecule has 1 heterocycles. The van der Waals surface area contributed by atoms with Crippen LogP contribution in [0.2, 0.25) is 0 Å². The Balaban J connectivity index is 2.97. The quantitative estimate of drug-likeness (QED) is 0.777. The van der Waals surface area contributed by atoms with E-state index in [0.717, 1.165) is 26.1 Å². The van der Waals surface area contributed by atoms with Gasteiger partial charge in [0.15, 0.2) is 11.4 Å². The maximum absolute atomic E-state index is 13.2. The molecule has 0 aliphatic carbocycles. The van der Waals surface area contributed by atoms with Crippen molar-refractivity contribution >= 4 is 15.9 Å². The van der Waals surface area contributed by atoms with Gasteiger partial charge in [0.25, 0.3) is 5.88 Å². The summed E-state index contributed by atoms with van der Waals surface area (Å²) in [6, 6.07) is 0.981. The standard InChI is InChI=1S/C9H8BrF4NO/c1-8(2,9(12,13)14)16-7-6(11)3-5(10)4-15-7/h3-4H,1-2H3. The van der Waals surface area contributed by atoms with E-state index in [1.165, 1.54) is 0 Å². The van der Waals surface area contributed by atoms with Gasteiger partial charge in [-0.3, -0.25) is 0 Å². The lowest BCUT2D eigenvalue weighted by Crippen LogP contribution is -2.45. The summed E-state index contributed by atoms with van der Waals surface area (Å²) in [4.78, 5) is 3.43. The second kappa shape index (κ2) is 4.20. The van der Waals surface area contributed by atoms with Crippen LogP contribution in [0.25, 0.3) is 0 Å². The van der Waals surface area contributed by atoms with Gasteiger partial charge in [-0.05, 0) is 35.8 Å². The van der Waals surface area contributed by atoms with Crippen LogP contribution in [-0.2, 0) is 0 Å². The number of rotatable bonds is 2. The Morgan fingerprint density at radius 3 is 2.31 bits per heavy atom. The van der Waals surface area contributed by atoms with Gasteiger partial charge in [-0.2, -0.15) is 13.2 Å². The highest BCUT2D eigenvalue weighted by atomic mass is 79.9. The number of aromatic nitrogens is 1. The smallest absolute Gasteiger partial charge is 0.427 e. The molecular formula is C9H8BrF4NO. The third-order valence-corrected chi connectivity index (χ3v) is 2.24. The Labute approximate surface area is 97.8 Å². The fourth-order valence-corrected chi connectivity index (χ4v) is 1.08. The molecule has 90 valence electrons. The molecule has 0 unspecified atom stereocenters. The minimum Gasteiger partial charge on any atom is -0.460 e. The van der Waals surface area contributed by atoms with Crippen molar-refractivity contribution in [3.8, 4) is 5.88 Å². The summed E-state index contributed by atoms with van der Waals surface area (Å²) in [7, 11) is 0. The number of hydrogen-bond donors (Lipinski definition) is 0. The molecule has 0 saturated heterocycles. The van der Waals surface area contributed by atoms with E-state index >= 15 is 0 Å². The van der Waals surface area contributed by atoms with Crippen LogP contribution in [0, 0.1) is 5.82 Å². The molecule has 0 aliphatic rings. The highest BCUT2D eigenvalue weighted by Gasteiger charge is 2.50. The average molecular weight is 302 g/mol. The Bertz CT molecular complexity index is 392. The molecule has 1 aromatic rings. The Morgan fingerprint density at radius 1 is 1.31 bits per heavy atom. The first kappa shape index (κ1) is 13.2. The maximum atomic E-state index is 13.2. The zero-order valence-corrected chi connectivity index (χ0v) is 9.99. The molecule has 0 N–H and O–H groups in total. The van der Waals surface area contributed by atoms with Crippen LogP contribution in [-0.4, -0.2) is 16.8 Å². The van der Waals surface area contributed by atoms with Gasteiger partial charge < -0.3 is 4.74 Å². The van der Waals surface area contributed by atoms with E-state index in [4.69, 9.17) is 0 Å². The first-order valence-corrected chi connectivity index (χ1v) is 4.99. The normalized spacial score (nSPS) is 12.7. The minimum absolute atomic E-state index is 0.321. The van der Waals surface area contributed by atoms with Crippen LogP contribution in [0.15, 0.2) is 16.7 Å². The van der Waals surface area contributed by atoms with E-state index in [2.05, 4.69) is 25.7 Å². The summed E-state index contributed by atoms with van der Waals surface area (Å²) in [5.74, 6) is -1.63. The van der Waals surface area contributed by atoms with Crippen LogP contribution in [0.4, 0.5) is 17.6 Å². The summed E-state index contributed by atoms with van der Waals surface area (Å²) in [6.45, 7) is 1.60. The molecule has 0 fully saturated rings. The van der Waals surface area contributed by atoms with Gasteiger partial charge in [0.05, 0.1) is 0 Å². The van der Waals surface area contributed by atoms with Gasteiger partial charge in [-0.25, -0.2) is 9.37 Å². The molecule has 0 bridgehead atoms. The summed E-state index contributed by atoms with van der Waals surface area (Å²) in [5, 5.41) is 0. The summed E-state index contributed by atoms with van der Waals surface area (Å²) in [5.41, 5.74) is -2.49. The van der Waals surface area contributed by atoms with Gasteiger partial charge in [-0.1, -0.05) is 0 Å². The van der Waals surface area contributed by atoms with E-state index < -0.39 is 23.5 Å². The molecule has 0 atom stereocenters. The molecule has 2 nitrogen and oxygen atoms in total. The number of pyridine rings is 1. The number of nitrogens with zero attached hydrogens (tertiary/aromatic N) is 1. The minimum atomic E-state index is -4.60. The van der Waals surface area contributed by atoms with E-state index in [1.54, 1.807) is 0 Å². The molecule has 0 spiro atoms. The van der Waals surface area contributed by atoms with E-state index in [1.807, 2.05) is 0 Å². The van der Waals surface area contributed by atoms with E-state index in [0.29, 0.717) is 4.47 Å². The first-order chi connectivity index (χ1) is 7.13. The number of alkyl halides is 3. The maximum Gasteiger partial charge on any atom is 0.427 e. The highest BCUT2D eigenvalue weighted by Crippen LogP contribution is 2.34. The first-order valence-electron chi connectivity index (χ1n) is 4.20. The predicted molar refractivity (Wildman–Crippen MR) is 52.7 cm³/mol. The van der Waals surface area contributed by atoms with Crippen molar-refractivity contribution in [3.63, 3.8) is 0 Å². The second-order valence-corrected chi connectivity index (χ2v) is 4.47. The van der Waals surface area contributed by atoms with Crippen molar-refractivity contribution in [1.82, 2.24) is 4.98 Å². The fraction of sp³-hybridized carbons (Fsp3) is 0.444. The van der Waals surface area contributed by atoms with Crippen LogP contribution in [0.3, 0.4) is 0 Å². The van der Waals surface area contributed by atoms with Crippen molar-refractivity contribution in [2.24, 2.45) is 0 Å². The van der Waals surface area contributed by atoms with Crippen LogP contribution < -0.4 is 4.74 Å². The average Bonchev–Trinajstić information content (AvgIpc) is 2.08. The van der Waals surface area contributed by atoms with Crippen molar-refractivity contribution < 1.29 is 22.3 Å². The number of ether oxygens (including phenoxy) is 1. The van der Waals surface area contributed by atoms with Crippen LogP contribution in [0.1, 0.15) is 13.8 Å². The fourth-order valence-electron chi connectivity index (χ4n) is 0.777. The molecule has 0 radical (unpaired) electrons. The molecule has 1 rings (SSSR count). The number of halogens is 5. The molecule has 0 saturated carbocycles. The van der Waals surface area contributed by atoms with Crippen molar-refractivity contribution in [2.45, 2.75) is 25.6 Å². The molecule has 0 aliphatic heterocycles. The van der Waals surface area contributed by atoms with Gasteiger partial charge in [0, 0.05) is 10.7 Å². The predicted octanol–water partition coefficient (Wildman–Crippen LogP) is 3.70. The largest absolute Gasteiger partial charge is 0.460 e. The van der Waals surface area contributed by atoms with E-state index in [-0.39, 0.29) is 0 Å². The summed E-state index contributed by atoms with van der Waals surface area (Å²) in [6.07, 6.45) is -3.45. The summed E-state index contributed by atoms with van der Waals surface area (Å²) < 4.78 is 55.4. The Hall–Kier alpha value is -0.850. The second-order valence-electron chi connectivity index (χ2n) is 3.55. The monoisotopic (exact) mass is 301 g/mol. The van der Waals surface area contributed by atoms with Crippen molar-refractivity contribution in [3.05, 3.63) is 22.6 Å². The molecule has 1 aromatic heterocycles. The third kappa shape index (κ3) is 2.84. The van der Waals surface area contributed by atoms with Crippen molar-refractivity contribution in [2.75, 3.05) is 0 Å². The molecule has 0 amide bonds. The van der Waals surface area contributed by atoms with Crippen LogP contribution >= 0.6 is 15.9 Å². The van der Waals surface area contributed by atoms with Gasteiger partial charge in [0.1, 0.15) is 0 Å². The topological polar surface area (TPSA) is 22.1 Å². The molecular weight excluding hydrogens is 294 g/mol. The highest BCUT2D eigenvalue weighted by molar-refractivity contribution is 9.10. The third-order valence-electron chi connectivity index (χ3n) is 1.81. The molecule has 0 aromatic carbocycles. The van der Waals surface area contributed by atoms with Gasteiger partial charge in [-0.15, -0.1) is 0 Å². The Morgan fingerprint density at radius 2 is 1.88 bits per heavy atom. The lowest BCUT2D eigenvalue weighted by atomic mass is 10.1. The lowest BCUT2D eigenvalue weighted by molar-refractivity contribution is -0.235. The van der Waals surface area contributed by atoms with Crippen molar-refractivity contribution in [1.29, 1.82) is 0 Å². The van der Waals surface area contributed by atoms with Gasteiger partial charge >= 0.3 is 6.18 Å². The van der Waals surface area contributed by atoms with E-state index in [9.17, 15) is 17.6 Å². The lowest BCUT2D eigenvalue weighted by Gasteiger charge is -2.28. The Kier molecular flexibility index (Phi) is 3.47.